The highest BCUT2D eigenvalue weighted by atomic mass is 19.1. The van der Waals surface area contributed by atoms with Gasteiger partial charge < -0.3 is 0 Å². The third-order valence-electron chi connectivity index (χ3n) is 3.38. The lowest BCUT2D eigenvalue weighted by Crippen LogP contribution is -2.30. The van der Waals surface area contributed by atoms with E-state index in [0.717, 1.165) is 43.4 Å². The molecule has 2 nitrogen and oxygen atoms in total. The van der Waals surface area contributed by atoms with E-state index >= 15 is 0 Å². The van der Waals surface area contributed by atoms with Gasteiger partial charge in [0.15, 0.2) is 0 Å². The van der Waals surface area contributed by atoms with Crippen LogP contribution >= 0.6 is 0 Å². The van der Waals surface area contributed by atoms with Crippen LogP contribution in [0.5, 0.6) is 0 Å². The van der Waals surface area contributed by atoms with Gasteiger partial charge in [-0.15, -0.1) is 0 Å². The molecule has 2 rings (SSSR count). The van der Waals surface area contributed by atoms with Crippen molar-refractivity contribution in [2.75, 3.05) is 0 Å². The molecule has 0 aromatic heterocycles. The maximum Gasteiger partial charge on any atom is 0.128 e. The molecule has 0 amide bonds. The van der Waals surface area contributed by atoms with Crippen molar-refractivity contribution in [3.05, 3.63) is 47.0 Å². The van der Waals surface area contributed by atoms with Crippen LogP contribution in [0, 0.1) is 11.6 Å². The van der Waals surface area contributed by atoms with Crippen molar-refractivity contribution in [3.63, 3.8) is 0 Å². The van der Waals surface area contributed by atoms with Crippen LogP contribution in [0.15, 0.2) is 29.8 Å². The number of hydrogen-bond donors (Lipinski definition) is 2. The van der Waals surface area contributed by atoms with Crippen molar-refractivity contribution in [3.8, 4) is 0 Å². The number of nitrogens with two attached hydrogens (primary N) is 1. The quantitative estimate of drug-likeness (QED) is 0.492. The summed E-state index contributed by atoms with van der Waals surface area (Å²) in [6.45, 7) is 0. The van der Waals surface area contributed by atoms with Crippen molar-refractivity contribution in [1.82, 2.24) is 5.43 Å². The Morgan fingerprint density at radius 1 is 1.17 bits per heavy atom. The van der Waals surface area contributed by atoms with Gasteiger partial charge in [0.2, 0.25) is 0 Å². The van der Waals surface area contributed by atoms with Gasteiger partial charge >= 0.3 is 0 Å². The van der Waals surface area contributed by atoms with Gasteiger partial charge in [-0.3, -0.25) is 5.84 Å². The highest BCUT2D eigenvalue weighted by Gasteiger charge is 2.20. The van der Waals surface area contributed by atoms with Crippen LogP contribution in [-0.4, -0.2) is 0 Å². The first-order chi connectivity index (χ1) is 8.72. The Kier molecular flexibility index (Phi) is 4.44. The molecule has 1 aromatic carbocycles. The Labute approximate surface area is 106 Å². The molecule has 3 N–H and O–H groups in total. The minimum Gasteiger partial charge on any atom is -0.271 e. The molecule has 1 aliphatic carbocycles. The Hall–Kier alpha value is -1.26. The van der Waals surface area contributed by atoms with Gasteiger partial charge in [-0.1, -0.05) is 18.1 Å². The van der Waals surface area contributed by atoms with Crippen molar-refractivity contribution < 1.29 is 8.78 Å². The SMILES string of the molecule is NNC(C1=CCCCCC1)c1cc(F)ccc1F. The minimum absolute atomic E-state index is 0.283. The summed E-state index contributed by atoms with van der Waals surface area (Å²) in [4.78, 5) is 0. The standard InChI is InChI=1S/C14H18F2N2/c15-11-7-8-13(16)12(9-11)14(18-17)10-5-3-1-2-4-6-10/h5,7-9,14,18H,1-4,6,17H2. The fourth-order valence-electron chi connectivity index (χ4n) is 2.43. The topological polar surface area (TPSA) is 38.0 Å². The first kappa shape index (κ1) is 13.2. The number of nitrogens with one attached hydrogen (secondary N) is 1. The largest absolute Gasteiger partial charge is 0.271 e. The second kappa shape index (κ2) is 6.07. The zero-order valence-corrected chi connectivity index (χ0v) is 10.3. The minimum atomic E-state index is -0.444. The molecule has 4 heteroatoms. The van der Waals surface area contributed by atoms with Crippen LogP contribution in [0.2, 0.25) is 0 Å². The van der Waals surface area contributed by atoms with Crippen LogP contribution in [0.25, 0.3) is 0 Å². The zero-order chi connectivity index (χ0) is 13.0. The lowest BCUT2D eigenvalue weighted by atomic mass is 9.95. The molecular weight excluding hydrogens is 234 g/mol. The number of halogens is 2. The second-order valence-electron chi connectivity index (χ2n) is 4.64. The van der Waals surface area contributed by atoms with Crippen LogP contribution in [0.1, 0.15) is 43.7 Å². The highest BCUT2D eigenvalue weighted by molar-refractivity contribution is 5.30. The first-order valence-corrected chi connectivity index (χ1v) is 6.32. The van der Waals surface area contributed by atoms with E-state index in [1.807, 2.05) is 0 Å². The number of hydrogen-bond acceptors (Lipinski definition) is 2. The van der Waals surface area contributed by atoms with Crippen molar-refractivity contribution in [2.45, 2.75) is 38.1 Å². The van der Waals surface area contributed by atoms with Crippen LogP contribution in [-0.2, 0) is 0 Å². The first-order valence-electron chi connectivity index (χ1n) is 6.32. The fraction of sp³-hybridized carbons (Fsp3) is 0.429. The average Bonchev–Trinajstić information content (AvgIpc) is 2.64. The molecule has 1 unspecified atom stereocenters. The summed E-state index contributed by atoms with van der Waals surface area (Å²) in [6, 6.07) is 3.05. The van der Waals surface area contributed by atoms with E-state index in [9.17, 15) is 8.78 Å². The smallest absolute Gasteiger partial charge is 0.128 e. The third-order valence-corrected chi connectivity index (χ3v) is 3.38. The van der Waals surface area contributed by atoms with Crippen molar-refractivity contribution >= 4 is 0 Å². The van der Waals surface area contributed by atoms with Gasteiger partial charge in [0.1, 0.15) is 11.6 Å². The van der Waals surface area contributed by atoms with Gasteiger partial charge in [0.05, 0.1) is 6.04 Å². The molecule has 98 valence electrons. The van der Waals surface area contributed by atoms with Gasteiger partial charge in [0.25, 0.3) is 0 Å². The average molecular weight is 252 g/mol. The van der Waals surface area contributed by atoms with Gasteiger partial charge in [-0.2, -0.15) is 0 Å². The van der Waals surface area contributed by atoms with E-state index < -0.39 is 17.7 Å². The highest BCUT2D eigenvalue weighted by Crippen LogP contribution is 2.30. The lowest BCUT2D eigenvalue weighted by Gasteiger charge is -2.20. The number of hydrazine groups is 1. The summed E-state index contributed by atoms with van der Waals surface area (Å²) in [7, 11) is 0. The van der Waals surface area contributed by atoms with Crippen molar-refractivity contribution in [2.24, 2.45) is 5.84 Å². The summed E-state index contributed by atoms with van der Waals surface area (Å²) in [5.74, 6) is 4.66. The van der Waals surface area contributed by atoms with Crippen molar-refractivity contribution in [1.29, 1.82) is 0 Å². The van der Waals surface area contributed by atoms with Gasteiger partial charge in [-0.25, -0.2) is 14.2 Å². The zero-order valence-electron chi connectivity index (χ0n) is 10.3. The Morgan fingerprint density at radius 3 is 2.78 bits per heavy atom. The van der Waals surface area contributed by atoms with Crippen LogP contribution in [0.4, 0.5) is 8.78 Å². The molecule has 0 fully saturated rings. The van der Waals surface area contributed by atoms with E-state index in [-0.39, 0.29) is 5.56 Å². The number of rotatable bonds is 3. The van der Waals surface area contributed by atoms with E-state index in [0.29, 0.717) is 0 Å². The van der Waals surface area contributed by atoms with E-state index in [4.69, 9.17) is 5.84 Å². The summed E-state index contributed by atoms with van der Waals surface area (Å²) >= 11 is 0. The predicted molar refractivity (Wildman–Crippen MR) is 67.6 cm³/mol. The van der Waals surface area contributed by atoms with E-state index in [1.54, 1.807) is 0 Å². The summed E-state index contributed by atoms with van der Waals surface area (Å²) in [5.41, 5.74) is 3.95. The molecule has 1 aromatic rings. The Bertz CT molecular complexity index is 443. The third kappa shape index (κ3) is 2.94. The molecule has 1 atom stereocenters. The molecule has 0 spiro atoms. The van der Waals surface area contributed by atoms with E-state index in [2.05, 4.69) is 11.5 Å². The number of allylic oxidation sites excluding steroid dienone is 1. The van der Waals surface area contributed by atoms with Gasteiger partial charge in [-0.05, 0) is 43.9 Å². The van der Waals surface area contributed by atoms with Crippen LogP contribution < -0.4 is 11.3 Å². The summed E-state index contributed by atoms with van der Waals surface area (Å²) < 4.78 is 27.0. The summed E-state index contributed by atoms with van der Waals surface area (Å²) in [5, 5.41) is 0. The molecule has 1 aliphatic rings. The van der Waals surface area contributed by atoms with Gasteiger partial charge in [0, 0.05) is 5.56 Å². The molecule has 0 saturated carbocycles. The molecule has 0 bridgehead atoms. The predicted octanol–water partition coefficient (Wildman–Crippen LogP) is 3.36. The Balaban J connectivity index is 2.32. The fourth-order valence-corrected chi connectivity index (χ4v) is 2.43. The molecule has 0 aliphatic heterocycles. The van der Waals surface area contributed by atoms with E-state index in [1.165, 1.54) is 12.5 Å². The van der Waals surface area contributed by atoms with Crippen LogP contribution in [0.3, 0.4) is 0 Å². The molecule has 18 heavy (non-hydrogen) atoms. The summed E-state index contributed by atoms with van der Waals surface area (Å²) in [6.07, 6.45) is 7.34. The lowest BCUT2D eigenvalue weighted by molar-refractivity contribution is 0.530. The molecule has 0 saturated heterocycles. The molecular formula is C14H18F2N2. The molecule has 0 heterocycles. The normalized spacial score (nSPS) is 18.1. The monoisotopic (exact) mass is 252 g/mol. The molecule has 0 radical (unpaired) electrons. The number of benzene rings is 1. The second-order valence-corrected chi connectivity index (χ2v) is 4.64. The maximum absolute atomic E-state index is 13.8. The maximum atomic E-state index is 13.8. The Morgan fingerprint density at radius 2 is 2.00 bits per heavy atom.